The number of hydrogen-bond donors (Lipinski definition) is 2. The summed E-state index contributed by atoms with van der Waals surface area (Å²) in [6, 6.07) is 1.57. The van der Waals surface area contributed by atoms with Crippen LogP contribution in [0.5, 0.6) is 0 Å². The molecule has 2 nitrogen and oxygen atoms in total. The highest BCUT2D eigenvalue weighted by molar-refractivity contribution is 4.85. The molecule has 0 radical (unpaired) electrons. The molecule has 0 bridgehead atoms. The van der Waals surface area contributed by atoms with Gasteiger partial charge in [-0.25, -0.2) is 0 Å². The van der Waals surface area contributed by atoms with Gasteiger partial charge in [-0.1, -0.05) is 12.8 Å². The van der Waals surface area contributed by atoms with Crippen molar-refractivity contribution in [2.75, 3.05) is 13.6 Å². The van der Waals surface area contributed by atoms with E-state index >= 15 is 0 Å². The highest BCUT2D eigenvalue weighted by Gasteiger charge is 2.27. The minimum atomic E-state index is 0.771. The highest BCUT2D eigenvalue weighted by Crippen LogP contribution is 2.30. The van der Waals surface area contributed by atoms with Crippen LogP contribution >= 0.6 is 0 Å². The standard InChI is InChI=1S/C12H24N2/c1-13-12(10-5-2-3-6-10)9-11-7-4-8-14-11/h10-14H,2-9H2,1H3. The van der Waals surface area contributed by atoms with Crippen LogP contribution in [-0.2, 0) is 0 Å². The molecule has 0 aromatic carbocycles. The van der Waals surface area contributed by atoms with E-state index in [2.05, 4.69) is 17.7 Å². The average molecular weight is 196 g/mol. The quantitative estimate of drug-likeness (QED) is 0.717. The molecule has 2 heteroatoms. The second kappa shape index (κ2) is 5.13. The Kier molecular flexibility index (Phi) is 3.82. The SMILES string of the molecule is CNC(CC1CCCN1)C1CCCC1. The van der Waals surface area contributed by atoms with Crippen LogP contribution in [-0.4, -0.2) is 25.7 Å². The highest BCUT2D eigenvalue weighted by atomic mass is 15.0. The maximum Gasteiger partial charge on any atom is 0.0107 e. The lowest BCUT2D eigenvalue weighted by molar-refractivity contribution is 0.328. The van der Waals surface area contributed by atoms with E-state index < -0.39 is 0 Å². The maximum atomic E-state index is 3.60. The number of nitrogens with one attached hydrogen (secondary N) is 2. The lowest BCUT2D eigenvalue weighted by Crippen LogP contribution is -2.38. The summed E-state index contributed by atoms with van der Waals surface area (Å²) in [5.41, 5.74) is 0. The van der Waals surface area contributed by atoms with E-state index in [4.69, 9.17) is 0 Å². The molecule has 0 aromatic heterocycles. The van der Waals surface area contributed by atoms with Crippen LogP contribution in [0.1, 0.15) is 44.9 Å². The van der Waals surface area contributed by atoms with Crippen LogP contribution in [0.25, 0.3) is 0 Å². The first kappa shape index (κ1) is 10.4. The van der Waals surface area contributed by atoms with Crippen molar-refractivity contribution in [3.63, 3.8) is 0 Å². The van der Waals surface area contributed by atoms with E-state index in [1.807, 2.05) is 0 Å². The van der Waals surface area contributed by atoms with Crippen LogP contribution in [0.15, 0.2) is 0 Å². The molecule has 1 saturated carbocycles. The zero-order valence-electron chi connectivity index (χ0n) is 9.39. The predicted octanol–water partition coefficient (Wildman–Crippen LogP) is 1.91. The van der Waals surface area contributed by atoms with Gasteiger partial charge in [0.15, 0.2) is 0 Å². The fraction of sp³-hybridized carbons (Fsp3) is 1.00. The third-order valence-corrected chi connectivity index (χ3v) is 4.04. The summed E-state index contributed by atoms with van der Waals surface area (Å²) < 4.78 is 0. The fourth-order valence-electron chi connectivity index (χ4n) is 3.17. The minimum absolute atomic E-state index is 0.771. The summed E-state index contributed by atoms with van der Waals surface area (Å²) in [4.78, 5) is 0. The second-order valence-electron chi connectivity index (χ2n) is 4.97. The van der Waals surface area contributed by atoms with E-state index in [9.17, 15) is 0 Å². The van der Waals surface area contributed by atoms with Gasteiger partial charge in [0.25, 0.3) is 0 Å². The zero-order valence-corrected chi connectivity index (χ0v) is 9.39. The van der Waals surface area contributed by atoms with Crippen molar-refractivity contribution < 1.29 is 0 Å². The van der Waals surface area contributed by atoms with Crippen molar-refractivity contribution >= 4 is 0 Å². The molecule has 1 saturated heterocycles. The van der Waals surface area contributed by atoms with Crippen molar-refractivity contribution in [2.45, 2.75) is 57.0 Å². The average Bonchev–Trinajstić information content (AvgIpc) is 2.86. The Bertz CT molecular complexity index is 158. The molecule has 82 valence electrons. The molecule has 0 amide bonds. The molecule has 2 rings (SSSR count). The molecule has 14 heavy (non-hydrogen) atoms. The van der Waals surface area contributed by atoms with Crippen LogP contribution < -0.4 is 10.6 Å². The summed E-state index contributed by atoms with van der Waals surface area (Å²) in [5, 5.41) is 7.14. The Morgan fingerprint density at radius 1 is 1.21 bits per heavy atom. The zero-order chi connectivity index (χ0) is 9.80. The Labute approximate surface area is 87.8 Å². The third-order valence-electron chi connectivity index (χ3n) is 4.04. The lowest BCUT2D eigenvalue weighted by atomic mass is 9.92. The summed E-state index contributed by atoms with van der Waals surface area (Å²) >= 11 is 0. The Morgan fingerprint density at radius 2 is 2.00 bits per heavy atom. The van der Waals surface area contributed by atoms with Crippen molar-refractivity contribution in [1.82, 2.24) is 10.6 Å². The predicted molar refractivity (Wildman–Crippen MR) is 60.4 cm³/mol. The molecule has 0 aromatic rings. The van der Waals surface area contributed by atoms with Gasteiger partial charge < -0.3 is 10.6 Å². The smallest absolute Gasteiger partial charge is 0.0107 e. The first-order chi connectivity index (χ1) is 6.90. The van der Waals surface area contributed by atoms with Gasteiger partial charge in [0.1, 0.15) is 0 Å². The van der Waals surface area contributed by atoms with Gasteiger partial charge in [0.2, 0.25) is 0 Å². The Hall–Kier alpha value is -0.0800. The number of rotatable bonds is 4. The molecular formula is C12H24N2. The largest absolute Gasteiger partial charge is 0.317 e. The van der Waals surface area contributed by atoms with E-state index in [0.717, 1.165) is 18.0 Å². The van der Waals surface area contributed by atoms with Gasteiger partial charge in [-0.3, -0.25) is 0 Å². The van der Waals surface area contributed by atoms with Gasteiger partial charge in [-0.2, -0.15) is 0 Å². The minimum Gasteiger partial charge on any atom is -0.317 e. The lowest BCUT2D eigenvalue weighted by Gasteiger charge is -2.25. The van der Waals surface area contributed by atoms with Gasteiger partial charge in [0.05, 0.1) is 0 Å². The first-order valence-electron chi connectivity index (χ1n) is 6.31. The van der Waals surface area contributed by atoms with Gasteiger partial charge in [0, 0.05) is 12.1 Å². The van der Waals surface area contributed by atoms with Gasteiger partial charge >= 0.3 is 0 Å². The van der Waals surface area contributed by atoms with Crippen molar-refractivity contribution in [3.8, 4) is 0 Å². The van der Waals surface area contributed by atoms with Crippen molar-refractivity contribution in [1.29, 1.82) is 0 Å². The molecule has 1 aliphatic heterocycles. The van der Waals surface area contributed by atoms with Crippen molar-refractivity contribution in [2.24, 2.45) is 5.92 Å². The van der Waals surface area contributed by atoms with Crippen LogP contribution in [0.3, 0.4) is 0 Å². The van der Waals surface area contributed by atoms with Crippen LogP contribution in [0.4, 0.5) is 0 Å². The number of hydrogen-bond acceptors (Lipinski definition) is 2. The third kappa shape index (κ3) is 2.48. The van der Waals surface area contributed by atoms with Gasteiger partial charge in [-0.15, -0.1) is 0 Å². The molecule has 1 aliphatic carbocycles. The summed E-state index contributed by atoms with van der Waals surface area (Å²) in [6.07, 6.45) is 9.95. The molecule has 2 unspecified atom stereocenters. The summed E-state index contributed by atoms with van der Waals surface area (Å²) in [5.74, 6) is 0.961. The van der Waals surface area contributed by atoms with E-state index in [1.54, 1.807) is 0 Å². The Morgan fingerprint density at radius 3 is 2.57 bits per heavy atom. The topological polar surface area (TPSA) is 24.1 Å². The molecule has 0 spiro atoms. The molecule has 2 aliphatic rings. The summed E-state index contributed by atoms with van der Waals surface area (Å²) in [7, 11) is 2.14. The normalized spacial score (nSPS) is 31.1. The molecule has 2 N–H and O–H groups in total. The molecule has 1 heterocycles. The molecule has 2 atom stereocenters. The first-order valence-corrected chi connectivity index (χ1v) is 6.31. The molecule has 2 fully saturated rings. The van der Waals surface area contributed by atoms with E-state index in [-0.39, 0.29) is 0 Å². The van der Waals surface area contributed by atoms with E-state index in [1.165, 1.54) is 51.5 Å². The van der Waals surface area contributed by atoms with Crippen LogP contribution in [0, 0.1) is 5.92 Å². The Balaban J connectivity index is 1.79. The van der Waals surface area contributed by atoms with E-state index in [0.29, 0.717) is 0 Å². The maximum absolute atomic E-state index is 3.60. The fourth-order valence-corrected chi connectivity index (χ4v) is 3.17. The summed E-state index contributed by atoms with van der Waals surface area (Å²) in [6.45, 7) is 1.24. The van der Waals surface area contributed by atoms with Gasteiger partial charge in [-0.05, 0) is 51.6 Å². The van der Waals surface area contributed by atoms with Crippen LogP contribution in [0.2, 0.25) is 0 Å². The monoisotopic (exact) mass is 196 g/mol. The van der Waals surface area contributed by atoms with Crippen molar-refractivity contribution in [3.05, 3.63) is 0 Å². The second-order valence-corrected chi connectivity index (χ2v) is 4.97. The molecular weight excluding hydrogens is 172 g/mol.